The van der Waals surface area contributed by atoms with E-state index >= 15 is 0 Å². The molecule has 1 aromatic rings. The number of aliphatic imine (C=N–C) groups is 1. The van der Waals surface area contributed by atoms with Crippen LogP contribution in [0.5, 0.6) is 0 Å². The molecule has 8 heteroatoms. The highest BCUT2D eigenvalue weighted by molar-refractivity contribution is 14.0. The molecule has 0 aromatic carbocycles. The SMILES string of the molecule is CCNC(=NCc1cccnc1N1CCOCC1)NCCCN1CCCCC1C.I. The first-order valence-electron chi connectivity index (χ1n) is 11.3. The summed E-state index contributed by atoms with van der Waals surface area (Å²) in [5.74, 6) is 1.92. The number of guanidine groups is 1. The van der Waals surface area contributed by atoms with Crippen LogP contribution in [-0.2, 0) is 11.3 Å². The van der Waals surface area contributed by atoms with Crippen molar-refractivity contribution in [3.63, 3.8) is 0 Å². The zero-order chi connectivity index (χ0) is 20.3. The van der Waals surface area contributed by atoms with Gasteiger partial charge in [-0.1, -0.05) is 12.5 Å². The van der Waals surface area contributed by atoms with Crippen LogP contribution in [0, 0.1) is 0 Å². The predicted molar refractivity (Wildman–Crippen MR) is 135 cm³/mol. The molecule has 1 atom stereocenters. The summed E-state index contributed by atoms with van der Waals surface area (Å²) in [6, 6.07) is 4.85. The molecule has 3 heterocycles. The molecule has 7 nitrogen and oxygen atoms in total. The Kier molecular flexibility index (Phi) is 11.8. The van der Waals surface area contributed by atoms with Gasteiger partial charge in [-0.25, -0.2) is 9.98 Å². The molecule has 0 spiro atoms. The summed E-state index contributed by atoms with van der Waals surface area (Å²) in [5, 5.41) is 6.87. The molecular formula is C22H39IN6O. The van der Waals surface area contributed by atoms with Crippen molar-refractivity contribution in [1.82, 2.24) is 20.5 Å². The monoisotopic (exact) mass is 530 g/mol. The fraction of sp³-hybridized carbons (Fsp3) is 0.727. The summed E-state index contributed by atoms with van der Waals surface area (Å²) in [6.45, 7) is 12.6. The van der Waals surface area contributed by atoms with Crippen molar-refractivity contribution < 1.29 is 4.74 Å². The van der Waals surface area contributed by atoms with Gasteiger partial charge in [-0.15, -0.1) is 24.0 Å². The van der Waals surface area contributed by atoms with E-state index in [9.17, 15) is 0 Å². The highest BCUT2D eigenvalue weighted by Gasteiger charge is 2.17. The van der Waals surface area contributed by atoms with E-state index in [0.717, 1.165) is 75.7 Å². The van der Waals surface area contributed by atoms with Crippen molar-refractivity contribution in [2.24, 2.45) is 4.99 Å². The van der Waals surface area contributed by atoms with E-state index in [1.165, 1.54) is 25.8 Å². The molecular weight excluding hydrogens is 491 g/mol. The van der Waals surface area contributed by atoms with E-state index in [1.807, 2.05) is 12.3 Å². The minimum absolute atomic E-state index is 0. The number of hydrogen-bond acceptors (Lipinski definition) is 5. The maximum atomic E-state index is 5.48. The lowest BCUT2D eigenvalue weighted by Crippen LogP contribution is -2.41. The molecule has 1 aromatic heterocycles. The van der Waals surface area contributed by atoms with Crippen LogP contribution in [-0.4, -0.2) is 74.4 Å². The van der Waals surface area contributed by atoms with Crippen LogP contribution in [0.1, 0.15) is 45.1 Å². The average molecular weight is 530 g/mol. The van der Waals surface area contributed by atoms with Gasteiger partial charge in [-0.3, -0.25) is 0 Å². The van der Waals surface area contributed by atoms with Gasteiger partial charge in [0, 0.05) is 50.5 Å². The Hall–Kier alpha value is -1.13. The molecule has 2 aliphatic heterocycles. The van der Waals surface area contributed by atoms with Crippen LogP contribution in [0.3, 0.4) is 0 Å². The number of hydrogen-bond donors (Lipinski definition) is 2. The number of nitrogens with zero attached hydrogens (tertiary/aromatic N) is 4. The van der Waals surface area contributed by atoms with E-state index < -0.39 is 0 Å². The largest absolute Gasteiger partial charge is 0.378 e. The van der Waals surface area contributed by atoms with Crippen molar-refractivity contribution in [1.29, 1.82) is 0 Å². The second kappa shape index (κ2) is 14.0. The summed E-state index contributed by atoms with van der Waals surface area (Å²) in [6.07, 6.45) is 7.07. The minimum atomic E-state index is 0. The van der Waals surface area contributed by atoms with Gasteiger partial charge in [0.25, 0.3) is 0 Å². The lowest BCUT2D eigenvalue weighted by atomic mass is 10.0. The number of ether oxygens (including phenoxy) is 1. The smallest absolute Gasteiger partial charge is 0.191 e. The van der Waals surface area contributed by atoms with Crippen molar-refractivity contribution in [2.45, 2.75) is 52.1 Å². The number of nitrogens with one attached hydrogen (secondary N) is 2. The Morgan fingerprint density at radius 3 is 2.83 bits per heavy atom. The minimum Gasteiger partial charge on any atom is -0.378 e. The van der Waals surface area contributed by atoms with Crippen molar-refractivity contribution in [3.05, 3.63) is 23.9 Å². The molecule has 0 radical (unpaired) electrons. The maximum Gasteiger partial charge on any atom is 0.191 e. The molecule has 0 aliphatic carbocycles. The standard InChI is InChI=1S/C22H38N6O.HI/c1-3-23-22(25-11-7-13-27-12-5-4-8-19(27)2)26-18-20-9-6-10-24-21(20)28-14-16-29-17-15-28;/h6,9-10,19H,3-5,7-8,11-18H2,1-2H3,(H2,23,25,26);1H. The van der Waals surface area contributed by atoms with Gasteiger partial charge in [-0.2, -0.15) is 0 Å². The Bertz CT molecular complexity index is 638. The normalized spacial score (nSPS) is 20.5. The highest BCUT2D eigenvalue weighted by atomic mass is 127. The molecule has 0 saturated carbocycles. The molecule has 170 valence electrons. The third kappa shape index (κ3) is 7.85. The number of morpholine rings is 1. The number of likely N-dealkylation sites (tertiary alicyclic amines) is 1. The fourth-order valence-corrected chi connectivity index (χ4v) is 4.10. The van der Waals surface area contributed by atoms with E-state index in [0.29, 0.717) is 6.54 Å². The number of anilines is 1. The van der Waals surface area contributed by atoms with Gasteiger partial charge in [-0.05, 0) is 45.7 Å². The molecule has 0 amide bonds. The van der Waals surface area contributed by atoms with Gasteiger partial charge in [0.2, 0.25) is 0 Å². The van der Waals surface area contributed by atoms with Crippen LogP contribution in [0.15, 0.2) is 23.3 Å². The second-order valence-electron chi connectivity index (χ2n) is 7.94. The lowest BCUT2D eigenvalue weighted by Gasteiger charge is -2.33. The number of rotatable bonds is 8. The van der Waals surface area contributed by atoms with Crippen molar-refractivity contribution >= 4 is 35.8 Å². The summed E-state index contributed by atoms with van der Waals surface area (Å²) in [7, 11) is 0. The van der Waals surface area contributed by atoms with Crippen LogP contribution in [0.25, 0.3) is 0 Å². The topological polar surface area (TPSA) is 65.0 Å². The first kappa shape index (κ1) is 25.1. The Labute approximate surface area is 199 Å². The third-order valence-electron chi connectivity index (χ3n) is 5.78. The molecule has 0 bridgehead atoms. The van der Waals surface area contributed by atoms with Crippen LogP contribution < -0.4 is 15.5 Å². The number of pyridine rings is 1. The molecule has 2 saturated heterocycles. The van der Waals surface area contributed by atoms with Gasteiger partial charge in [0.15, 0.2) is 5.96 Å². The fourth-order valence-electron chi connectivity index (χ4n) is 4.10. The van der Waals surface area contributed by atoms with Gasteiger partial charge >= 0.3 is 0 Å². The van der Waals surface area contributed by atoms with Crippen LogP contribution in [0.2, 0.25) is 0 Å². The van der Waals surface area contributed by atoms with E-state index in [-0.39, 0.29) is 24.0 Å². The zero-order valence-corrected chi connectivity index (χ0v) is 20.9. The summed E-state index contributed by atoms with van der Waals surface area (Å²) < 4.78 is 5.48. The number of aromatic nitrogens is 1. The first-order chi connectivity index (χ1) is 14.3. The highest BCUT2D eigenvalue weighted by Crippen LogP contribution is 2.19. The first-order valence-corrected chi connectivity index (χ1v) is 11.3. The average Bonchev–Trinajstić information content (AvgIpc) is 2.77. The Balaban J connectivity index is 0.00000320. The maximum absolute atomic E-state index is 5.48. The lowest BCUT2D eigenvalue weighted by molar-refractivity contribution is 0.122. The summed E-state index contributed by atoms with van der Waals surface area (Å²) >= 11 is 0. The Morgan fingerprint density at radius 1 is 1.23 bits per heavy atom. The zero-order valence-electron chi connectivity index (χ0n) is 18.6. The second-order valence-corrected chi connectivity index (χ2v) is 7.94. The van der Waals surface area contributed by atoms with Gasteiger partial charge < -0.3 is 25.2 Å². The Morgan fingerprint density at radius 2 is 2.07 bits per heavy atom. The molecule has 2 N–H and O–H groups in total. The van der Waals surface area contributed by atoms with Crippen molar-refractivity contribution in [3.8, 4) is 0 Å². The predicted octanol–water partition coefficient (Wildman–Crippen LogP) is 2.86. The summed E-state index contributed by atoms with van der Waals surface area (Å²) in [5.41, 5.74) is 1.16. The third-order valence-corrected chi connectivity index (χ3v) is 5.78. The molecule has 1 unspecified atom stereocenters. The van der Waals surface area contributed by atoms with E-state index in [2.05, 4.69) is 45.3 Å². The molecule has 3 rings (SSSR count). The molecule has 30 heavy (non-hydrogen) atoms. The van der Waals surface area contributed by atoms with Gasteiger partial charge in [0.1, 0.15) is 5.82 Å². The van der Waals surface area contributed by atoms with Crippen molar-refractivity contribution in [2.75, 3.05) is 57.4 Å². The molecule has 2 aliphatic rings. The van der Waals surface area contributed by atoms with E-state index in [4.69, 9.17) is 9.73 Å². The van der Waals surface area contributed by atoms with Gasteiger partial charge in [0.05, 0.1) is 19.8 Å². The number of piperidine rings is 1. The van der Waals surface area contributed by atoms with Crippen LogP contribution >= 0.6 is 24.0 Å². The number of halogens is 1. The quantitative estimate of drug-likeness (QED) is 0.233. The molecule has 2 fully saturated rings. The van der Waals surface area contributed by atoms with Crippen LogP contribution in [0.4, 0.5) is 5.82 Å². The van der Waals surface area contributed by atoms with E-state index in [1.54, 1.807) is 0 Å². The summed E-state index contributed by atoms with van der Waals surface area (Å²) in [4.78, 5) is 14.4.